The number of ether oxygens (including phenoxy) is 1. The molecule has 0 saturated heterocycles. The van der Waals surface area contributed by atoms with E-state index in [4.69, 9.17) is 38.4 Å². The maximum Gasteiger partial charge on any atom is 0.294 e. The fourth-order valence-corrected chi connectivity index (χ4v) is 2.71. The molecule has 1 aliphatic rings. The number of rotatable bonds is 3. The van der Waals surface area contributed by atoms with Crippen molar-refractivity contribution in [3.05, 3.63) is 28.9 Å². The molecule has 0 amide bonds. The second kappa shape index (κ2) is 5.60. The normalized spacial score (nSPS) is 15.6. The Morgan fingerprint density at radius 2 is 2.14 bits per heavy atom. The topological polar surface area (TPSA) is 117 Å². The number of benzene rings is 1. The zero-order valence-electron chi connectivity index (χ0n) is 10.5. The number of amidine groups is 1. The molecule has 0 saturated carbocycles. The fraction of sp³-hybridized carbons (Fsp3) is 0.100. The van der Waals surface area contributed by atoms with Crippen LogP contribution in [0.25, 0.3) is 5.57 Å². The van der Waals surface area contributed by atoms with Crippen LogP contribution in [0.15, 0.2) is 33.4 Å². The van der Waals surface area contributed by atoms with E-state index in [1.54, 1.807) is 0 Å². The van der Waals surface area contributed by atoms with E-state index in [2.05, 4.69) is 10.5 Å². The van der Waals surface area contributed by atoms with E-state index in [9.17, 15) is 8.42 Å². The lowest BCUT2D eigenvalue weighted by Gasteiger charge is -2.22. The number of hydrazone groups is 1. The van der Waals surface area contributed by atoms with Crippen LogP contribution in [0.3, 0.4) is 0 Å². The third-order valence-corrected chi connectivity index (χ3v) is 3.88. The molecule has 0 aliphatic carbocycles. The Labute approximate surface area is 130 Å². The summed E-state index contributed by atoms with van der Waals surface area (Å²) in [5.41, 5.74) is 8.65. The van der Waals surface area contributed by atoms with E-state index in [-0.39, 0.29) is 27.0 Å². The van der Waals surface area contributed by atoms with Crippen molar-refractivity contribution in [1.29, 1.82) is 0 Å². The Balaban J connectivity index is 2.68. The lowest BCUT2D eigenvalue weighted by molar-refractivity contribution is 0.403. The van der Waals surface area contributed by atoms with E-state index in [0.29, 0.717) is 5.75 Å². The first-order valence-electron chi connectivity index (χ1n) is 5.36. The molecule has 11 heteroatoms. The molecule has 0 radical (unpaired) electrons. The highest BCUT2D eigenvalue weighted by molar-refractivity contribution is 7.85. The third kappa shape index (κ3) is 3.16. The molecule has 0 unspecified atom stereocenters. The molecule has 1 aromatic carbocycles. The van der Waals surface area contributed by atoms with E-state index < -0.39 is 10.1 Å². The summed E-state index contributed by atoms with van der Waals surface area (Å²) in [4.78, 5) is -0.337. The van der Waals surface area contributed by atoms with E-state index in [1.165, 1.54) is 25.3 Å². The van der Waals surface area contributed by atoms with Gasteiger partial charge in [0.2, 0.25) is 0 Å². The van der Waals surface area contributed by atoms with Crippen molar-refractivity contribution in [2.24, 2.45) is 10.8 Å². The van der Waals surface area contributed by atoms with Gasteiger partial charge in [-0.25, -0.2) is 0 Å². The van der Waals surface area contributed by atoms with Gasteiger partial charge in [-0.15, -0.1) is 9.74 Å². The molecule has 2 rings (SSSR count). The first-order valence-corrected chi connectivity index (χ1v) is 7.52. The molecule has 1 aromatic rings. The van der Waals surface area contributed by atoms with E-state index >= 15 is 0 Å². The van der Waals surface area contributed by atoms with Crippen molar-refractivity contribution < 1.29 is 17.7 Å². The number of hydrogen-bond acceptors (Lipinski definition) is 7. The first kappa shape index (κ1) is 15.7. The van der Waals surface area contributed by atoms with Gasteiger partial charge in [-0.1, -0.05) is 11.6 Å². The molecule has 0 spiro atoms. The minimum Gasteiger partial charge on any atom is -0.496 e. The first-order chi connectivity index (χ1) is 9.74. The van der Waals surface area contributed by atoms with Gasteiger partial charge in [0.15, 0.2) is 5.84 Å². The Kier molecular flexibility index (Phi) is 4.19. The summed E-state index contributed by atoms with van der Waals surface area (Å²) in [7, 11) is -3.01. The number of hydrogen-bond donors (Lipinski definition) is 3. The number of halogens is 2. The second-order valence-corrected chi connectivity index (χ2v) is 6.00. The molecule has 0 fully saturated rings. The maximum atomic E-state index is 11.2. The zero-order chi connectivity index (χ0) is 15.8. The molecule has 1 heterocycles. The van der Waals surface area contributed by atoms with Gasteiger partial charge in [-0.3, -0.25) is 9.98 Å². The van der Waals surface area contributed by atoms with E-state index in [1.807, 2.05) is 0 Å². The van der Waals surface area contributed by atoms with Crippen molar-refractivity contribution in [2.75, 3.05) is 7.11 Å². The fourth-order valence-electron chi connectivity index (χ4n) is 1.72. The summed E-state index contributed by atoms with van der Waals surface area (Å²) < 4.78 is 37.5. The average Bonchev–Trinajstić information content (AvgIpc) is 2.36. The molecular weight excluding hydrogens is 343 g/mol. The van der Waals surface area contributed by atoms with Gasteiger partial charge >= 0.3 is 0 Å². The number of nitrogens with one attached hydrogen (secondary N) is 1. The van der Waals surface area contributed by atoms with Crippen LogP contribution in [0.4, 0.5) is 0 Å². The van der Waals surface area contributed by atoms with Gasteiger partial charge in [0.1, 0.15) is 10.9 Å². The molecule has 8 nitrogen and oxygen atoms in total. The summed E-state index contributed by atoms with van der Waals surface area (Å²) >= 11 is 11.6. The van der Waals surface area contributed by atoms with Gasteiger partial charge in [-0.05, 0) is 18.2 Å². The number of nitrogens with zero attached hydrogens (tertiary/aromatic N) is 2. The largest absolute Gasteiger partial charge is 0.496 e. The number of methoxy groups -OCH3 is 1. The van der Waals surface area contributed by atoms with Crippen LogP contribution in [0.5, 0.6) is 5.75 Å². The maximum absolute atomic E-state index is 11.2. The Morgan fingerprint density at radius 1 is 1.48 bits per heavy atom. The minimum atomic E-state index is -4.39. The van der Waals surface area contributed by atoms with Crippen molar-refractivity contribution in [3.63, 3.8) is 0 Å². The van der Waals surface area contributed by atoms with Crippen molar-refractivity contribution >= 4 is 44.9 Å². The van der Waals surface area contributed by atoms with Crippen LogP contribution < -0.4 is 15.9 Å². The number of hydrazine groups is 1. The molecule has 0 aromatic heterocycles. The molecular formula is C10H10Cl2N4O4S. The SMILES string of the molecule is COc1ccc(S(=O)(=O)O)cc1C1=C(Cl)NN(Cl)N=C1N. The van der Waals surface area contributed by atoms with Gasteiger partial charge in [-0.2, -0.15) is 8.42 Å². The van der Waals surface area contributed by atoms with Gasteiger partial charge in [0, 0.05) is 5.56 Å². The zero-order valence-corrected chi connectivity index (χ0v) is 12.9. The molecule has 1 aliphatic heterocycles. The molecule has 21 heavy (non-hydrogen) atoms. The smallest absolute Gasteiger partial charge is 0.294 e. The predicted molar refractivity (Wildman–Crippen MR) is 78.0 cm³/mol. The van der Waals surface area contributed by atoms with E-state index in [0.717, 1.165) is 4.64 Å². The van der Waals surface area contributed by atoms with Crippen LogP contribution in [0, 0.1) is 0 Å². The van der Waals surface area contributed by atoms with Crippen molar-refractivity contribution in [2.45, 2.75) is 4.90 Å². The molecule has 0 atom stereocenters. The summed E-state index contributed by atoms with van der Waals surface area (Å²) in [6.45, 7) is 0. The van der Waals surface area contributed by atoms with Gasteiger partial charge in [0.05, 0.1) is 29.4 Å². The summed E-state index contributed by atoms with van der Waals surface area (Å²) in [5.74, 6) is 0.234. The standard InChI is InChI=1S/C10H10Cl2N4O4S/c1-20-7-3-2-5(21(17,18)19)4-6(7)8-9(11)14-16(12)15-10(8)13/h2-4,14H,1H3,(H2,13,15)(H,17,18,19). The summed E-state index contributed by atoms with van der Waals surface area (Å²) in [5, 5.41) is 3.75. The minimum absolute atomic E-state index is 0.0169. The quantitative estimate of drug-likeness (QED) is 0.423. The average molecular weight is 353 g/mol. The van der Waals surface area contributed by atoms with Crippen LogP contribution in [0.2, 0.25) is 0 Å². The monoisotopic (exact) mass is 352 g/mol. The van der Waals surface area contributed by atoms with Crippen LogP contribution in [-0.2, 0) is 10.1 Å². The van der Waals surface area contributed by atoms with Crippen molar-refractivity contribution in [3.8, 4) is 5.75 Å². The number of nitrogens with two attached hydrogens (primary N) is 1. The lowest BCUT2D eigenvalue weighted by Crippen LogP contribution is -2.33. The van der Waals surface area contributed by atoms with Crippen LogP contribution in [0.1, 0.15) is 5.56 Å². The lowest BCUT2D eigenvalue weighted by atomic mass is 10.0. The predicted octanol–water partition coefficient (Wildman–Crippen LogP) is 1.10. The highest BCUT2D eigenvalue weighted by atomic mass is 35.5. The highest BCUT2D eigenvalue weighted by Crippen LogP contribution is 2.33. The Bertz CT molecular complexity index is 747. The van der Waals surface area contributed by atoms with Crippen molar-refractivity contribution in [1.82, 2.24) is 10.1 Å². The van der Waals surface area contributed by atoms with Gasteiger partial charge in [0.25, 0.3) is 10.1 Å². The van der Waals surface area contributed by atoms with Crippen LogP contribution in [-0.4, -0.2) is 30.6 Å². The third-order valence-electron chi connectivity index (χ3n) is 2.60. The molecule has 0 bridgehead atoms. The van der Waals surface area contributed by atoms with Crippen LogP contribution >= 0.6 is 23.4 Å². The molecule has 114 valence electrons. The Morgan fingerprint density at radius 3 is 2.67 bits per heavy atom. The second-order valence-electron chi connectivity index (χ2n) is 3.88. The van der Waals surface area contributed by atoms with Gasteiger partial charge < -0.3 is 10.5 Å². The summed E-state index contributed by atoms with van der Waals surface area (Å²) in [6, 6.07) is 3.71. The molecule has 4 N–H and O–H groups in total. The summed E-state index contributed by atoms with van der Waals surface area (Å²) in [6.07, 6.45) is 0. The highest BCUT2D eigenvalue weighted by Gasteiger charge is 2.24. The Hall–Kier alpha value is -1.68.